The largest absolute Gasteiger partial charge is 0.508 e. The van der Waals surface area contributed by atoms with Crippen LogP contribution in [0.2, 0.25) is 0 Å². The SMILES string of the molecule is CC(C)[C@H](NC(=O)[C@H](CCC(=O)O)NC(=O)[C@H](CO)NC(=O)[C@H](Cc1ccccc1)NC(=O)[C@H](CCC(=O)O)NC(=O)CNC(=O)[C@H](Cc1ccc(O)cc1)NC(=O)[C@H](CC(N)=O)NC(=O)CNC(=O)[C@@H](N)CO)C(=O)O. The first-order valence-electron chi connectivity index (χ1n) is 23.6. The number of benzene rings is 2. The second-order valence-corrected chi connectivity index (χ2v) is 17.6. The molecule has 0 heterocycles. The Kier molecular flexibility index (Phi) is 27.2. The van der Waals surface area contributed by atoms with E-state index in [0.29, 0.717) is 11.1 Å². The number of hydrogen-bond donors (Lipinski definition) is 17. The maximum absolute atomic E-state index is 13.9. The summed E-state index contributed by atoms with van der Waals surface area (Å²) in [4.78, 5) is 166. The van der Waals surface area contributed by atoms with Crippen LogP contribution in [0.15, 0.2) is 54.6 Å². The number of aliphatic carboxylic acids is 3. The van der Waals surface area contributed by atoms with Crippen LogP contribution in [0.4, 0.5) is 0 Å². The number of phenols is 1. The minimum Gasteiger partial charge on any atom is -0.508 e. The molecule has 0 aliphatic heterocycles. The number of rotatable bonds is 34. The number of amides is 10. The average Bonchev–Trinajstić information content (AvgIpc) is 3.37. The van der Waals surface area contributed by atoms with Crippen LogP contribution in [0.25, 0.3) is 0 Å². The molecule has 0 aliphatic carbocycles. The smallest absolute Gasteiger partial charge is 0.326 e. The van der Waals surface area contributed by atoms with Crippen molar-refractivity contribution in [2.75, 3.05) is 26.3 Å². The van der Waals surface area contributed by atoms with Gasteiger partial charge in [-0.25, -0.2) is 4.79 Å². The fraction of sp³-hybridized carbons (Fsp3) is 0.468. The fourth-order valence-electron chi connectivity index (χ4n) is 6.83. The highest BCUT2D eigenvalue weighted by Crippen LogP contribution is 2.13. The van der Waals surface area contributed by atoms with Crippen LogP contribution in [0.1, 0.15) is 57.1 Å². The molecule has 0 bridgehead atoms. The lowest BCUT2D eigenvalue weighted by Crippen LogP contribution is -2.60. The fourth-order valence-corrected chi connectivity index (χ4v) is 6.83. The van der Waals surface area contributed by atoms with Gasteiger partial charge in [0, 0.05) is 25.7 Å². The Bertz CT molecular complexity index is 2430. The van der Waals surface area contributed by atoms with Gasteiger partial charge in [0.2, 0.25) is 59.1 Å². The van der Waals surface area contributed by atoms with Crippen LogP contribution in [-0.4, -0.2) is 182 Å². The summed E-state index contributed by atoms with van der Waals surface area (Å²) in [5, 5.41) is 77.5. The highest BCUT2D eigenvalue weighted by Gasteiger charge is 2.34. The Labute approximate surface area is 439 Å². The standard InChI is InChI=1S/C47H65N11O19/c1-23(2)39(47(76)77)58-43(72)29(13-15-38(67)68)54-46(75)33(22-60)57-44(73)31(16-24-6-4-3-5-7-24)56-42(71)28(12-14-37(65)66)52-35(63)20-51-41(70)30(17-25-8-10-26(61)11-9-25)55-45(74)32(18-34(49)62)53-36(64)19-50-40(69)27(48)21-59/h3-11,23,27-33,39,59-61H,12-22,48H2,1-2H3,(H2,49,62)(H,50,69)(H,51,70)(H,52,63)(H,53,64)(H,54,75)(H,55,74)(H,56,71)(H,57,73)(H,58,72)(H,65,66)(H,67,68)(H,76,77)/t27-,28-,29-,30-,31-,32-,33-,39-/m0/s1. The molecule has 0 fully saturated rings. The first-order valence-corrected chi connectivity index (χ1v) is 23.6. The van der Waals surface area contributed by atoms with E-state index in [0.717, 1.165) is 0 Å². The van der Waals surface area contributed by atoms with E-state index in [9.17, 15) is 87.9 Å². The van der Waals surface area contributed by atoms with Gasteiger partial charge in [-0.2, -0.15) is 0 Å². The molecular formula is C47H65N11O19. The van der Waals surface area contributed by atoms with Gasteiger partial charge in [-0.3, -0.25) is 57.5 Å². The summed E-state index contributed by atoms with van der Waals surface area (Å²) in [6.07, 6.45) is -4.04. The van der Waals surface area contributed by atoms with Crippen molar-refractivity contribution in [3.05, 3.63) is 65.7 Å². The number of primary amides is 1. The number of aliphatic hydroxyl groups is 2. The zero-order valence-electron chi connectivity index (χ0n) is 41.8. The van der Waals surface area contributed by atoms with Crippen LogP contribution in [0.3, 0.4) is 0 Å². The molecule has 2 aromatic rings. The van der Waals surface area contributed by atoms with Gasteiger partial charge in [-0.05, 0) is 42.0 Å². The average molecular weight is 1090 g/mol. The zero-order valence-corrected chi connectivity index (χ0v) is 41.8. The molecule has 422 valence electrons. The third-order valence-electron chi connectivity index (χ3n) is 11.0. The molecule has 30 nitrogen and oxygen atoms in total. The molecule has 0 aromatic heterocycles. The summed E-state index contributed by atoms with van der Waals surface area (Å²) >= 11 is 0. The van der Waals surface area contributed by atoms with Crippen molar-refractivity contribution in [3.63, 3.8) is 0 Å². The Hall–Kier alpha value is -8.77. The number of phenolic OH excluding ortho intramolecular Hbond substituents is 1. The van der Waals surface area contributed by atoms with Gasteiger partial charge in [0.05, 0.1) is 32.7 Å². The van der Waals surface area contributed by atoms with E-state index in [-0.39, 0.29) is 18.6 Å². The van der Waals surface area contributed by atoms with Crippen LogP contribution in [0, 0.1) is 5.92 Å². The number of carbonyl (C=O) groups is 13. The van der Waals surface area contributed by atoms with Gasteiger partial charge in [-0.1, -0.05) is 56.3 Å². The van der Waals surface area contributed by atoms with E-state index in [1.54, 1.807) is 30.3 Å². The van der Waals surface area contributed by atoms with E-state index in [4.69, 9.17) is 16.6 Å². The van der Waals surface area contributed by atoms with Gasteiger partial charge in [0.1, 0.15) is 54.1 Å². The summed E-state index contributed by atoms with van der Waals surface area (Å²) in [6, 6.07) is 0.0229. The topological polar surface area (TPSA) is 504 Å². The number of nitrogens with one attached hydrogen (secondary N) is 9. The van der Waals surface area contributed by atoms with Crippen molar-refractivity contribution in [1.82, 2.24) is 47.9 Å². The third-order valence-corrected chi connectivity index (χ3v) is 11.0. The summed E-state index contributed by atoms with van der Waals surface area (Å²) in [6.45, 7) is -0.639. The zero-order chi connectivity index (χ0) is 57.9. The molecular weight excluding hydrogens is 1020 g/mol. The second kappa shape index (κ2) is 32.5. The predicted molar refractivity (Wildman–Crippen MR) is 264 cm³/mol. The molecule has 0 radical (unpaired) electrons. The first kappa shape index (κ1) is 64.3. The molecule has 0 saturated carbocycles. The second-order valence-electron chi connectivity index (χ2n) is 17.6. The summed E-state index contributed by atoms with van der Waals surface area (Å²) in [7, 11) is 0. The maximum atomic E-state index is 13.9. The lowest BCUT2D eigenvalue weighted by atomic mass is 10.0. The lowest BCUT2D eigenvalue weighted by molar-refractivity contribution is -0.144. The van der Waals surface area contributed by atoms with Crippen LogP contribution < -0.4 is 59.3 Å². The molecule has 0 saturated heterocycles. The number of carbonyl (C=O) groups excluding carboxylic acids is 10. The molecule has 2 rings (SSSR count). The Morgan fingerprint density at radius 3 is 1.39 bits per heavy atom. The van der Waals surface area contributed by atoms with Gasteiger partial charge < -0.3 is 90.0 Å². The normalized spacial score (nSPS) is 13.9. The summed E-state index contributed by atoms with van der Waals surface area (Å²) < 4.78 is 0. The van der Waals surface area contributed by atoms with Gasteiger partial charge >= 0.3 is 17.9 Å². The third kappa shape index (κ3) is 24.0. The number of hydrogen-bond acceptors (Lipinski definition) is 17. The Morgan fingerprint density at radius 2 is 0.909 bits per heavy atom. The van der Waals surface area contributed by atoms with Crippen molar-refractivity contribution < 1.29 is 93.0 Å². The molecule has 0 aliphatic rings. The summed E-state index contributed by atoms with van der Waals surface area (Å²) in [5.41, 5.74) is 11.4. The molecule has 2 aromatic carbocycles. The first-order chi connectivity index (χ1) is 36.2. The minimum absolute atomic E-state index is 0.166. The monoisotopic (exact) mass is 1090 g/mol. The number of aliphatic hydroxyl groups excluding tert-OH is 2. The summed E-state index contributed by atoms with van der Waals surface area (Å²) in [5.74, 6) is -16.0. The van der Waals surface area contributed by atoms with Crippen molar-refractivity contribution >= 4 is 77.0 Å². The molecule has 10 amide bonds. The molecule has 77 heavy (non-hydrogen) atoms. The Morgan fingerprint density at radius 1 is 0.494 bits per heavy atom. The van der Waals surface area contributed by atoms with Crippen molar-refractivity contribution in [2.45, 2.75) is 107 Å². The van der Waals surface area contributed by atoms with E-state index in [1.165, 1.54) is 38.1 Å². The molecule has 0 unspecified atom stereocenters. The van der Waals surface area contributed by atoms with Crippen molar-refractivity contribution in [3.8, 4) is 5.75 Å². The number of carboxylic acids is 3. The predicted octanol–water partition coefficient (Wildman–Crippen LogP) is -6.54. The van der Waals surface area contributed by atoms with Crippen LogP contribution in [0.5, 0.6) is 5.75 Å². The highest BCUT2D eigenvalue weighted by atomic mass is 16.4. The number of carboxylic acid groups (broad SMARTS) is 3. The lowest BCUT2D eigenvalue weighted by Gasteiger charge is -2.26. The number of nitrogens with two attached hydrogens (primary N) is 2. The highest BCUT2D eigenvalue weighted by molar-refractivity contribution is 5.98. The van der Waals surface area contributed by atoms with Crippen LogP contribution in [-0.2, 0) is 75.2 Å². The molecule has 30 heteroatoms. The Balaban J connectivity index is 2.36. The molecule has 8 atom stereocenters. The van der Waals surface area contributed by atoms with Gasteiger partial charge in [0.25, 0.3) is 0 Å². The quantitative estimate of drug-likeness (QED) is 0.0310. The van der Waals surface area contributed by atoms with E-state index in [2.05, 4.69) is 47.9 Å². The van der Waals surface area contributed by atoms with Gasteiger partial charge in [-0.15, -0.1) is 0 Å². The van der Waals surface area contributed by atoms with Gasteiger partial charge in [0.15, 0.2) is 0 Å². The van der Waals surface area contributed by atoms with Crippen LogP contribution >= 0.6 is 0 Å². The van der Waals surface area contributed by atoms with E-state index in [1.807, 2.05) is 0 Å². The molecule has 19 N–H and O–H groups in total. The van der Waals surface area contributed by atoms with E-state index < -0.39 is 190 Å². The minimum atomic E-state index is -1.88. The van der Waals surface area contributed by atoms with Crippen molar-refractivity contribution in [2.24, 2.45) is 17.4 Å². The molecule has 0 spiro atoms. The van der Waals surface area contributed by atoms with Crippen molar-refractivity contribution in [1.29, 1.82) is 0 Å². The maximum Gasteiger partial charge on any atom is 0.326 e. The van der Waals surface area contributed by atoms with E-state index >= 15 is 0 Å². The number of aromatic hydroxyl groups is 1.